The fourth-order valence-electron chi connectivity index (χ4n) is 5.79. The third-order valence-electron chi connectivity index (χ3n) is 8.22. The van der Waals surface area contributed by atoms with E-state index in [2.05, 4.69) is 0 Å². The third kappa shape index (κ3) is 6.14. The molecule has 0 saturated heterocycles. The lowest BCUT2D eigenvalue weighted by molar-refractivity contribution is 1.18. The summed E-state index contributed by atoms with van der Waals surface area (Å²) in [5.41, 5.74) is -12.1. The van der Waals surface area contributed by atoms with Crippen molar-refractivity contribution in [2.24, 2.45) is 0 Å². The summed E-state index contributed by atoms with van der Waals surface area (Å²) in [6.45, 7) is 0. The second kappa shape index (κ2) is 14.4. The van der Waals surface area contributed by atoms with E-state index in [1.54, 1.807) is 0 Å². The number of fused-ring (bicyclic) bond motifs is 3. The first kappa shape index (κ1) is 12.6. The molecule has 0 radical (unpaired) electrons. The average Bonchev–Trinajstić information content (AvgIpc) is 1.48. The van der Waals surface area contributed by atoms with Gasteiger partial charge >= 0.3 is 0 Å². The summed E-state index contributed by atoms with van der Waals surface area (Å²) in [6.07, 6.45) is 0. The summed E-state index contributed by atoms with van der Waals surface area (Å²) in [6, 6.07) is -36.0. The van der Waals surface area contributed by atoms with Gasteiger partial charge in [0.1, 0.15) is 0 Å². The summed E-state index contributed by atoms with van der Waals surface area (Å²) >= 11 is 0. The first-order chi connectivity index (χ1) is 42.8. The molecule has 0 bridgehead atoms. The molecule has 0 spiro atoms. The van der Waals surface area contributed by atoms with Gasteiger partial charge in [0.25, 0.3) is 0 Å². The smallest absolute Gasteiger partial charge is 0.0645 e. The van der Waals surface area contributed by atoms with Crippen LogP contribution in [0.15, 0.2) is 230 Å². The van der Waals surface area contributed by atoms with Crippen LogP contribution in [0.1, 0.15) is 49.3 Å². The van der Waals surface area contributed by atoms with E-state index in [4.69, 9.17) is 30.2 Å². The highest BCUT2D eigenvalue weighted by Crippen LogP contribution is 2.40. The molecule has 0 aliphatic rings. The third-order valence-corrected chi connectivity index (χ3v) is 8.22. The van der Waals surface area contributed by atoms with Crippen molar-refractivity contribution in [1.82, 2.24) is 4.57 Å². The Morgan fingerprint density at radius 2 is 0.839 bits per heavy atom. The molecular formula is C54H38N2. The number of hydrogen-bond donors (Lipinski definition) is 0. The molecule has 0 amide bonds. The van der Waals surface area contributed by atoms with Crippen molar-refractivity contribution in [3.05, 3.63) is 230 Å². The van der Waals surface area contributed by atoms with Crippen LogP contribution >= 0.6 is 0 Å². The molecule has 1 heterocycles. The maximum atomic E-state index is 9.92. The van der Waals surface area contributed by atoms with Crippen molar-refractivity contribution >= 4 is 38.9 Å². The van der Waals surface area contributed by atoms with Crippen LogP contribution in [0.4, 0.5) is 17.1 Å². The van der Waals surface area contributed by atoms with Gasteiger partial charge in [-0.3, -0.25) is 0 Å². The van der Waals surface area contributed by atoms with Crippen molar-refractivity contribution in [3.63, 3.8) is 0 Å². The highest BCUT2D eigenvalue weighted by atomic mass is 15.1. The largest absolute Gasteiger partial charge is 0.310 e. The molecule has 2 nitrogen and oxygen atoms in total. The van der Waals surface area contributed by atoms with Crippen LogP contribution in [0.3, 0.4) is 0 Å². The van der Waals surface area contributed by atoms with E-state index in [1.165, 1.54) is 0 Å². The van der Waals surface area contributed by atoms with Crippen LogP contribution in [0.2, 0.25) is 0 Å². The van der Waals surface area contributed by atoms with Gasteiger partial charge in [-0.1, -0.05) is 169 Å². The molecule has 2 heteroatoms. The van der Waals surface area contributed by atoms with Crippen LogP contribution in [0.25, 0.3) is 72.0 Å². The van der Waals surface area contributed by atoms with E-state index < -0.39 is 307 Å². The standard InChI is InChI=1S/C54H38N2/c1-4-15-39(16-5-1)41-27-32-46(33-28-41)55(48-22-14-21-44(37-48)40-17-6-2-7-18-40)47-34-29-42(30-35-47)45-31-36-54-51(38-45)50-24-11-13-26-53(50)56(54)52-25-12-10-23-49(52)43-19-8-3-9-20-43/h1-38H/i1D,2D,3D,4D,5D,6D,7D,8D,9D,10D,11D,12D,13D,14D,15D,16D,17D,18D,19D,20D,21D,22D,23D,24D,26D,27D,28D,29D,30D,31D,32D,33D,34D,35D,36D,38D. The van der Waals surface area contributed by atoms with Gasteiger partial charge in [0.15, 0.2) is 0 Å². The summed E-state index contributed by atoms with van der Waals surface area (Å²) < 4.78 is 324. The molecule has 0 atom stereocenters. The SMILES string of the molecule is [2H]c1cc(-n2c3c([2H])c([2H])c([2H])c([2H])c3c3c([2H])c(-c4c([2H])c([2H])c(N(c5cc(-c6c([2H])c([2H])c([2H])c([2H])c6[2H])c([2H])c([2H])c5[2H])c5c([2H])c([2H])c(-c6c([2H])c([2H])c([2H])c([2H])c6[2H])c([2H])c5[2H])c([2H])c4[2H])c([2H])c([2H])c32)c(-c2c([2H])c([2H])c([2H])c([2H])c2[2H])c([2H])c1[2H]. The minimum atomic E-state index is -1.34. The molecule has 0 N–H and O–H groups in total. The van der Waals surface area contributed by atoms with Gasteiger partial charge in [-0.25, -0.2) is 0 Å². The number of rotatable bonds is 8. The van der Waals surface area contributed by atoms with E-state index >= 15 is 0 Å². The maximum Gasteiger partial charge on any atom is 0.0645 e. The lowest BCUT2D eigenvalue weighted by Crippen LogP contribution is -2.10. The Kier molecular flexibility index (Phi) is 3.24. The van der Waals surface area contributed by atoms with Crippen molar-refractivity contribution < 1.29 is 49.3 Å². The Morgan fingerprint density at radius 3 is 1.52 bits per heavy atom. The molecule has 264 valence electrons. The van der Waals surface area contributed by atoms with Crippen LogP contribution in [-0.4, -0.2) is 4.57 Å². The van der Waals surface area contributed by atoms with Gasteiger partial charge in [-0.15, -0.1) is 0 Å². The Labute approximate surface area is 378 Å². The summed E-state index contributed by atoms with van der Waals surface area (Å²) in [4.78, 5) is 0.373. The summed E-state index contributed by atoms with van der Waals surface area (Å²) in [5, 5.41) is -1.38. The second-order valence-electron chi connectivity index (χ2n) is 11.4. The minimum absolute atomic E-state index is 0.373. The number of para-hydroxylation sites is 2. The molecule has 56 heavy (non-hydrogen) atoms. The average molecular weight is 751 g/mol. The maximum absolute atomic E-state index is 9.92. The Balaban J connectivity index is 1.36. The summed E-state index contributed by atoms with van der Waals surface area (Å²) in [7, 11) is 0. The molecule has 0 fully saturated rings. The van der Waals surface area contributed by atoms with Gasteiger partial charge < -0.3 is 9.47 Å². The fraction of sp³-hybridized carbons (Fsp3) is 0. The van der Waals surface area contributed by atoms with E-state index in [1.807, 2.05) is 0 Å². The van der Waals surface area contributed by atoms with Crippen LogP contribution in [0, 0.1) is 0 Å². The normalized spacial score (nSPS) is 20.2. The second-order valence-corrected chi connectivity index (χ2v) is 11.4. The van der Waals surface area contributed by atoms with Gasteiger partial charge in [-0.05, 0) is 99.4 Å². The van der Waals surface area contributed by atoms with E-state index in [0.717, 1.165) is 10.6 Å². The van der Waals surface area contributed by atoms with Gasteiger partial charge in [0.2, 0.25) is 0 Å². The zero-order chi connectivity index (χ0) is 68.6. The number of benzene rings is 9. The molecule has 1 aromatic heterocycles. The molecular weight excluding hydrogens is 677 g/mol. The summed E-state index contributed by atoms with van der Waals surface area (Å²) in [5.74, 6) is 0. The minimum Gasteiger partial charge on any atom is -0.310 e. The molecule has 0 aliphatic carbocycles. The zero-order valence-electron chi connectivity index (χ0n) is 64.0. The number of aromatic nitrogens is 1. The lowest BCUT2D eigenvalue weighted by Gasteiger charge is -2.26. The molecule has 9 aromatic carbocycles. The Bertz CT molecular complexity index is 4930. The van der Waals surface area contributed by atoms with Gasteiger partial charge in [0, 0.05) is 33.4 Å². The molecule has 0 saturated carbocycles. The highest BCUT2D eigenvalue weighted by Gasteiger charge is 2.18. The Hall–Kier alpha value is -7.42. The number of nitrogens with zero attached hydrogens (tertiary/aromatic N) is 2. The molecule has 10 rings (SSSR count). The van der Waals surface area contributed by atoms with Crippen LogP contribution < -0.4 is 4.90 Å². The number of anilines is 3. The molecule has 0 unspecified atom stereocenters. The first-order valence-corrected chi connectivity index (χ1v) is 16.2. The fourth-order valence-corrected chi connectivity index (χ4v) is 5.79. The van der Waals surface area contributed by atoms with Crippen LogP contribution in [-0.2, 0) is 0 Å². The first-order valence-electron chi connectivity index (χ1n) is 34.2. The topological polar surface area (TPSA) is 8.17 Å². The van der Waals surface area contributed by atoms with Crippen molar-refractivity contribution in [2.75, 3.05) is 4.90 Å². The molecule has 10 aromatic rings. The van der Waals surface area contributed by atoms with Crippen molar-refractivity contribution in [2.45, 2.75) is 0 Å². The van der Waals surface area contributed by atoms with Crippen LogP contribution in [0.5, 0.6) is 0 Å². The molecule has 0 aliphatic heterocycles. The van der Waals surface area contributed by atoms with Crippen molar-refractivity contribution in [3.8, 4) is 50.2 Å². The van der Waals surface area contributed by atoms with E-state index in [9.17, 15) is 19.2 Å². The highest BCUT2D eigenvalue weighted by molar-refractivity contribution is 6.11. The van der Waals surface area contributed by atoms with Crippen molar-refractivity contribution in [1.29, 1.82) is 0 Å². The monoisotopic (exact) mass is 751 g/mol. The van der Waals surface area contributed by atoms with E-state index in [0.29, 0.717) is 11.0 Å². The predicted octanol–water partition coefficient (Wildman–Crippen LogP) is 14.9. The van der Waals surface area contributed by atoms with Gasteiger partial charge in [0.05, 0.1) is 66.1 Å². The van der Waals surface area contributed by atoms with E-state index in [-0.39, 0.29) is 0 Å². The quantitative estimate of drug-likeness (QED) is 0.150. The lowest BCUT2D eigenvalue weighted by atomic mass is 10.0. The van der Waals surface area contributed by atoms with Gasteiger partial charge in [-0.2, -0.15) is 0 Å². The predicted molar refractivity (Wildman–Crippen MR) is 237 cm³/mol. The Morgan fingerprint density at radius 1 is 0.339 bits per heavy atom. The zero-order valence-corrected chi connectivity index (χ0v) is 28.0. The number of hydrogen-bond acceptors (Lipinski definition) is 1.